The number of hydrogen-bond donors (Lipinski definition) is 0. The van der Waals surface area contributed by atoms with Crippen molar-refractivity contribution in [1.82, 2.24) is 10.2 Å². The van der Waals surface area contributed by atoms with Crippen LogP contribution in [0.4, 0.5) is 34.1 Å². The molecule has 0 aliphatic heterocycles. The Bertz CT molecular complexity index is 2200. The van der Waals surface area contributed by atoms with E-state index < -0.39 is 0 Å². The molecule has 0 aliphatic carbocycles. The predicted octanol–water partition coefficient (Wildman–Crippen LogP) is 11.5. The summed E-state index contributed by atoms with van der Waals surface area (Å²) in [5.74, 6) is 0.987. The summed E-state index contributed by atoms with van der Waals surface area (Å²) >= 11 is 0. The second-order valence-corrected chi connectivity index (χ2v) is 11.2. The van der Waals surface area contributed by atoms with Gasteiger partial charge >= 0.3 is 0 Å². The largest absolute Gasteiger partial charge is 0.416 e. The molecule has 0 amide bonds. The van der Waals surface area contributed by atoms with E-state index in [-0.39, 0.29) is 0 Å². The van der Waals surface area contributed by atoms with Gasteiger partial charge in [-0.2, -0.15) is 0 Å². The van der Waals surface area contributed by atoms with E-state index >= 15 is 0 Å². The maximum absolute atomic E-state index is 6.05. The van der Waals surface area contributed by atoms with E-state index in [4.69, 9.17) is 4.42 Å². The molecule has 1 aromatic heterocycles. The highest BCUT2D eigenvalue weighted by molar-refractivity contribution is 6.07. The van der Waals surface area contributed by atoms with Crippen molar-refractivity contribution in [3.63, 3.8) is 0 Å². The molecular weight excluding hydrogens is 576 g/mol. The molecule has 224 valence electrons. The molecule has 0 fully saturated rings. The van der Waals surface area contributed by atoms with Crippen molar-refractivity contribution in [3.05, 3.63) is 182 Å². The number of fused-ring (bicyclic) bond motifs is 1. The fraction of sp³-hybridized carbons (Fsp3) is 0. The topological polar surface area (TPSA) is 45.4 Å². The van der Waals surface area contributed by atoms with Crippen LogP contribution in [-0.4, -0.2) is 10.2 Å². The summed E-state index contributed by atoms with van der Waals surface area (Å²) in [7, 11) is 0. The summed E-state index contributed by atoms with van der Waals surface area (Å²) in [4.78, 5) is 4.62. The zero-order valence-corrected chi connectivity index (χ0v) is 25.5. The first-order valence-corrected chi connectivity index (χ1v) is 15.6. The second-order valence-electron chi connectivity index (χ2n) is 11.2. The Morgan fingerprint density at radius 1 is 0.319 bits per heavy atom. The summed E-state index contributed by atoms with van der Waals surface area (Å²) < 4.78 is 6.05. The lowest BCUT2D eigenvalue weighted by Gasteiger charge is -2.30. The minimum atomic E-state index is 0.485. The van der Waals surface area contributed by atoms with Gasteiger partial charge in [0.05, 0.1) is 11.4 Å². The van der Waals surface area contributed by atoms with E-state index in [1.165, 1.54) is 0 Å². The first-order valence-electron chi connectivity index (χ1n) is 15.6. The molecular formula is C42H30N4O. The summed E-state index contributed by atoms with van der Waals surface area (Å²) in [6.07, 6.45) is 0. The van der Waals surface area contributed by atoms with Crippen molar-refractivity contribution in [3.8, 4) is 22.9 Å². The minimum absolute atomic E-state index is 0.485. The third-order valence-electron chi connectivity index (χ3n) is 8.22. The molecule has 5 heteroatoms. The molecule has 0 aliphatic rings. The van der Waals surface area contributed by atoms with E-state index in [0.717, 1.165) is 56.0 Å². The molecule has 5 nitrogen and oxygen atoms in total. The van der Waals surface area contributed by atoms with Crippen LogP contribution < -0.4 is 9.80 Å². The minimum Gasteiger partial charge on any atom is -0.416 e. The highest BCUT2D eigenvalue weighted by Gasteiger charge is 2.21. The zero-order valence-electron chi connectivity index (χ0n) is 25.5. The Hall–Kier alpha value is -6.46. The number of aromatic nitrogens is 2. The molecule has 0 saturated carbocycles. The van der Waals surface area contributed by atoms with Crippen LogP contribution in [0.3, 0.4) is 0 Å². The van der Waals surface area contributed by atoms with Crippen LogP contribution in [0.15, 0.2) is 186 Å². The Morgan fingerprint density at radius 3 is 1.09 bits per heavy atom. The van der Waals surface area contributed by atoms with Gasteiger partial charge in [-0.1, -0.05) is 97.1 Å². The third kappa shape index (κ3) is 5.51. The Labute approximate surface area is 273 Å². The van der Waals surface area contributed by atoms with Crippen molar-refractivity contribution in [2.75, 3.05) is 9.80 Å². The number of hydrogen-bond acceptors (Lipinski definition) is 5. The van der Waals surface area contributed by atoms with Crippen molar-refractivity contribution >= 4 is 44.9 Å². The zero-order chi connectivity index (χ0) is 31.4. The lowest BCUT2D eigenvalue weighted by Crippen LogP contribution is -2.13. The number of para-hydroxylation sites is 3. The molecule has 47 heavy (non-hydrogen) atoms. The van der Waals surface area contributed by atoms with Gasteiger partial charge in [0.15, 0.2) is 0 Å². The number of nitrogens with zero attached hydrogens (tertiary/aromatic N) is 4. The number of rotatable bonds is 8. The molecule has 8 rings (SSSR count). The SMILES string of the molecule is c1ccc(-c2nnc(-c3ccc(N(c4ccccc4)c4ccc(N(c5ccccc5)c5ccccc5)c5ccccc45)cc3)o2)cc1. The average molecular weight is 607 g/mol. The van der Waals surface area contributed by atoms with Gasteiger partial charge < -0.3 is 14.2 Å². The Balaban J connectivity index is 1.24. The number of anilines is 6. The predicted molar refractivity (Wildman–Crippen MR) is 192 cm³/mol. The van der Waals surface area contributed by atoms with Crippen LogP contribution in [0, 0.1) is 0 Å². The van der Waals surface area contributed by atoms with Crippen LogP contribution in [0.2, 0.25) is 0 Å². The van der Waals surface area contributed by atoms with E-state index in [1.54, 1.807) is 0 Å². The van der Waals surface area contributed by atoms with Crippen LogP contribution in [0.5, 0.6) is 0 Å². The van der Waals surface area contributed by atoms with Crippen LogP contribution in [0.1, 0.15) is 0 Å². The van der Waals surface area contributed by atoms with Crippen LogP contribution in [-0.2, 0) is 0 Å². The molecule has 0 spiro atoms. The summed E-state index contributed by atoms with van der Waals surface area (Å²) in [5.41, 5.74) is 8.22. The summed E-state index contributed by atoms with van der Waals surface area (Å²) in [6.45, 7) is 0. The first kappa shape index (κ1) is 28.0. The van der Waals surface area contributed by atoms with Gasteiger partial charge in [0.25, 0.3) is 0 Å². The highest BCUT2D eigenvalue weighted by atomic mass is 16.4. The molecule has 0 atom stereocenters. The lowest BCUT2D eigenvalue weighted by molar-refractivity contribution is 0.584. The smallest absolute Gasteiger partial charge is 0.248 e. The standard InChI is InChI=1S/C42H30N4O/c1-5-15-31(16-6-1)41-43-44-42(47-41)32-25-27-36(28-26-32)46(35-21-11-4-12-22-35)40-30-29-39(37-23-13-14-24-38(37)40)45(33-17-7-2-8-18-33)34-19-9-3-10-20-34/h1-30H. The molecule has 0 bridgehead atoms. The fourth-order valence-corrected chi connectivity index (χ4v) is 6.03. The van der Waals surface area contributed by atoms with Crippen LogP contribution in [0.25, 0.3) is 33.7 Å². The molecule has 0 radical (unpaired) electrons. The Kier molecular flexibility index (Phi) is 7.46. The van der Waals surface area contributed by atoms with E-state index in [0.29, 0.717) is 11.8 Å². The van der Waals surface area contributed by atoms with Crippen molar-refractivity contribution in [2.24, 2.45) is 0 Å². The van der Waals surface area contributed by atoms with Gasteiger partial charge in [0.2, 0.25) is 11.8 Å². The maximum atomic E-state index is 6.05. The van der Waals surface area contributed by atoms with E-state index in [1.807, 2.05) is 48.5 Å². The third-order valence-corrected chi connectivity index (χ3v) is 8.22. The van der Waals surface area contributed by atoms with Gasteiger partial charge in [-0.05, 0) is 84.9 Å². The van der Waals surface area contributed by atoms with Gasteiger partial charge in [0.1, 0.15) is 0 Å². The monoisotopic (exact) mass is 606 g/mol. The fourth-order valence-electron chi connectivity index (χ4n) is 6.03. The summed E-state index contributed by atoms with van der Waals surface area (Å²) in [5, 5.41) is 10.9. The quantitative estimate of drug-likeness (QED) is 0.172. The Morgan fingerprint density at radius 2 is 0.660 bits per heavy atom. The lowest BCUT2D eigenvalue weighted by atomic mass is 10.0. The summed E-state index contributed by atoms with van der Waals surface area (Å²) in [6, 6.07) is 62.7. The normalized spacial score (nSPS) is 11.0. The number of benzene rings is 7. The van der Waals surface area contributed by atoms with Gasteiger partial charge in [0, 0.05) is 44.6 Å². The molecule has 7 aromatic carbocycles. The van der Waals surface area contributed by atoms with Crippen molar-refractivity contribution in [2.45, 2.75) is 0 Å². The molecule has 0 saturated heterocycles. The molecule has 1 heterocycles. The second kappa shape index (κ2) is 12.5. The average Bonchev–Trinajstić information content (AvgIpc) is 3.65. The van der Waals surface area contributed by atoms with Crippen molar-refractivity contribution in [1.29, 1.82) is 0 Å². The highest BCUT2D eigenvalue weighted by Crippen LogP contribution is 2.45. The van der Waals surface area contributed by atoms with E-state index in [9.17, 15) is 0 Å². The molecule has 0 N–H and O–H groups in total. The molecule has 0 unspecified atom stereocenters. The maximum Gasteiger partial charge on any atom is 0.248 e. The first-order chi connectivity index (χ1) is 23.3. The molecule has 8 aromatic rings. The van der Waals surface area contributed by atoms with Gasteiger partial charge in [-0.25, -0.2) is 0 Å². The van der Waals surface area contributed by atoms with Gasteiger partial charge in [-0.3, -0.25) is 0 Å². The van der Waals surface area contributed by atoms with Crippen LogP contribution >= 0.6 is 0 Å². The van der Waals surface area contributed by atoms with E-state index in [2.05, 4.69) is 153 Å². The van der Waals surface area contributed by atoms with Crippen molar-refractivity contribution < 1.29 is 4.42 Å². The van der Waals surface area contributed by atoms with Gasteiger partial charge in [-0.15, -0.1) is 10.2 Å².